The van der Waals surface area contributed by atoms with Crippen LogP contribution < -0.4 is 0 Å². The molecule has 3 aromatic heterocycles. The number of hydrogen-bond acceptors (Lipinski definition) is 6. The van der Waals surface area contributed by atoms with Crippen LogP contribution in [0.3, 0.4) is 0 Å². The van der Waals surface area contributed by atoms with Crippen molar-refractivity contribution in [2.75, 3.05) is 0 Å². The highest BCUT2D eigenvalue weighted by atomic mass is 32.1. The molecule has 0 atom stereocenters. The summed E-state index contributed by atoms with van der Waals surface area (Å²) in [6, 6.07) is 13.6. The molecule has 4 aromatic rings. The quantitative estimate of drug-likeness (QED) is 0.492. The van der Waals surface area contributed by atoms with Gasteiger partial charge in [0.1, 0.15) is 23.4 Å². The smallest absolute Gasteiger partial charge is 0.348 e. The van der Waals surface area contributed by atoms with Crippen LogP contribution in [-0.4, -0.2) is 11.0 Å². The number of nitrogens with zero attached hydrogens (tertiary/aromatic N) is 1. The number of rotatable bonds is 4. The zero-order valence-electron chi connectivity index (χ0n) is 11.9. The van der Waals surface area contributed by atoms with Gasteiger partial charge in [0.2, 0.25) is 5.89 Å². The van der Waals surface area contributed by atoms with E-state index in [4.69, 9.17) is 9.15 Å². The summed E-state index contributed by atoms with van der Waals surface area (Å²) >= 11 is 2.98. The standard InChI is InChI=1S/C17H11NO3S2/c19-17(15-8-11-4-1-2-5-13(11)23-15)21-10-12-9-20-16(18-12)14-6-3-7-22-14/h1-9H,10H2. The lowest BCUT2D eigenvalue weighted by atomic mass is 10.2. The molecule has 4 nitrogen and oxygen atoms in total. The van der Waals surface area contributed by atoms with Crippen LogP contribution in [0.25, 0.3) is 20.9 Å². The van der Waals surface area contributed by atoms with Crippen molar-refractivity contribution in [3.63, 3.8) is 0 Å². The van der Waals surface area contributed by atoms with E-state index in [9.17, 15) is 4.79 Å². The molecule has 0 aliphatic carbocycles. The van der Waals surface area contributed by atoms with Crippen LogP contribution in [0.1, 0.15) is 15.4 Å². The van der Waals surface area contributed by atoms with Gasteiger partial charge in [-0.3, -0.25) is 0 Å². The number of benzene rings is 1. The van der Waals surface area contributed by atoms with Gasteiger partial charge in [-0.2, -0.15) is 0 Å². The lowest BCUT2D eigenvalue weighted by molar-refractivity contribution is 0.0473. The van der Waals surface area contributed by atoms with Gasteiger partial charge in [0.15, 0.2) is 0 Å². The van der Waals surface area contributed by atoms with Crippen LogP contribution >= 0.6 is 22.7 Å². The Morgan fingerprint density at radius 1 is 1.22 bits per heavy atom. The Kier molecular flexibility index (Phi) is 3.69. The fourth-order valence-electron chi connectivity index (χ4n) is 2.18. The molecule has 0 unspecified atom stereocenters. The summed E-state index contributed by atoms with van der Waals surface area (Å²) in [4.78, 5) is 18.0. The molecule has 0 radical (unpaired) electrons. The summed E-state index contributed by atoms with van der Waals surface area (Å²) < 4.78 is 11.8. The molecule has 23 heavy (non-hydrogen) atoms. The van der Waals surface area contributed by atoms with E-state index in [2.05, 4.69) is 4.98 Å². The molecule has 1 aromatic carbocycles. The summed E-state index contributed by atoms with van der Waals surface area (Å²) in [5, 5.41) is 3.01. The first kappa shape index (κ1) is 14.2. The van der Waals surface area contributed by atoms with Crippen LogP contribution in [0.4, 0.5) is 0 Å². The second-order valence-electron chi connectivity index (χ2n) is 4.85. The average molecular weight is 341 g/mol. The van der Waals surface area contributed by atoms with Crippen molar-refractivity contribution in [2.24, 2.45) is 0 Å². The zero-order chi connectivity index (χ0) is 15.6. The molecule has 4 rings (SSSR count). The Bertz CT molecular complexity index is 920. The molecule has 114 valence electrons. The molecule has 0 saturated carbocycles. The number of hydrogen-bond donors (Lipinski definition) is 0. The zero-order valence-corrected chi connectivity index (χ0v) is 13.5. The van der Waals surface area contributed by atoms with E-state index in [0.29, 0.717) is 16.5 Å². The van der Waals surface area contributed by atoms with Crippen molar-refractivity contribution in [3.05, 3.63) is 64.7 Å². The molecule has 0 aliphatic heterocycles. The third-order valence-corrected chi connectivity index (χ3v) is 5.22. The fourth-order valence-corrected chi connectivity index (χ4v) is 3.79. The van der Waals surface area contributed by atoms with Crippen molar-refractivity contribution in [3.8, 4) is 10.8 Å². The minimum Gasteiger partial charge on any atom is -0.455 e. The second kappa shape index (κ2) is 5.98. The highest BCUT2D eigenvalue weighted by molar-refractivity contribution is 7.20. The van der Waals surface area contributed by atoms with E-state index in [1.54, 1.807) is 11.3 Å². The van der Waals surface area contributed by atoms with Crippen molar-refractivity contribution in [1.82, 2.24) is 4.98 Å². The van der Waals surface area contributed by atoms with Crippen LogP contribution in [0.5, 0.6) is 0 Å². The second-order valence-corrected chi connectivity index (χ2v) is 6.88. The molecule has 0 bridgehead atoms. The van der Waals surface area contributed by atoms with Crippen molar-refractivity contribution in [2.45, 2.75) is 6.61 Å². The van der Waals surface area contributed by atoms with Crippen LogP contribution in [0.15, 0.2) is 58.5 Å². The van der Waals surface area contributed by atoms with Crippen LogP contribution in [0.2, 0.25) is 0 Å². The van der Waals surface area contributed by atoms with Gasteiger partial charge in [-0.1, -0.05) is 24.3 Å². The summed E-state index contributed by atoms with van der Waals surface area (Å²) in [5.74, 6) is 0.208. The largest absolute Gasteiger partial charge is 0.455 e. The predicted octanol–water partition coefficient (Wildman–Crippen LogP) is 4.97. The third-order valence-electron chi connectivity index (χ3n) is 3.26. The molecule has 3 heterocycles. The summed E-state index contributed by atoms with van der Waals surface area (Å²) in [6.45, 7) is 0.0992. The number of oxazole rings is 1. The van der Waals surface area contributed by atoms with Crippen LogP contribution in [0, 0.1) is 0 Å². The third kappa shape index (κ3) is 2.91. The van der Waals surface area contributed by atoms with Gasteiger partial charge in [-0.25, -0.2) is 9.78 Å². The molecule has 0 amide bonds. The van der Waals surface area contributed by atoms with E-state index in [1.807, 2.05) is 47.8 Å². The Hall–Kier alpha value is -2.44. The fraction of sp³-hybridized carbons (Fsp3) is 0.0588. The molecular formula is C17H11NO3S2. The van der Waals surface area contributed by atoms with E-state index in [0.717, 1.165) is 15.0 Å². The Morgan fingerprint density at radius 2 is 2.13 bits per heavy atom. The lowest BCUT2D eigenvalue weighted by Crippen LogP contribution is -2.03. The van der Waals surface area contributed by atoms with Gasteiger partial charge in [0.05, 0.1) is 4.88 Å². The number of thiophene rings is 2. The monoisotopic (exact) mass is 341 g/mol. The number of carbonyl (C=O) groups excluding carboxylic acids is 1. The molecule has 0 saturated heterocycles. The van der Waals surface area contributed by atoms with Crippen molar-refractivity contribution in [1.29, 1.82) is 0 Å². The molecule has 0 N–H and O–H groups in total. The first-order valence-corrected chi connectivity index (χ1v) is 8.63. The minimum atomic E-state index is -0.341. The number of ether oxygens (including phenoxy) is 1. The molecule has 6 heteroatoms. The van der Waals surface area contributed by atoms with E-state index in [1.165, 1.54) is 17.6 Å². The SMILES string of the molecule is O=C(OCc1coc(-c2cccs2)n1)c1cc2ccccc2s1. The van der Waals surface area contributed by atoms with Gasteiger partial charge in [0, 0.05) is 4.70 Å². The maximum atomic E-state index is 12.2. The first-order chi connectivity index (χ1) is 11.3. The minimum absolute atomic E-state index is 0.0992. The Balaban J connectivity index is 1.45. The summed E-state index contributed by atoms with van der Waals surface area (Å²) in [5.41, 5.74) is 0.600. The Morgan fingerprint density at radius 3 is 2.96 bits per heavy atom. The molecule has 0 spiro atoms. The Labute approximate surface area is 140 Å². The maximum absolute atomic E-state index is 12.2. The molecule has 0 aliphatic rings. The summed E-state index contributed by atoms with van der Waals surface area (Å²) in [7, 11) is 0. The maximum Gasteiger partial charge on any atom is 0.348 e. The van der Waals surface area contributed by atoms with Crippen LogP contribution in [-0.2, 0) is 11.3 Å². The number of esters is 1. The van der Waals surface area contributed by atoms with Gasteiger partial charge in [-0.15, -0.1) is 22.7 Å². The summed E-state index contributed by atoms with van der Waals surface area (Å²) in [6.07, 6.45) is 1.52. The topological polar surface area (TPSA) is 52.3 Å². The van der Waals surface area contributed by atoms with E-state index in [-0.39, 0.29) is 12.6 Å². The van der Waals surface area contributed by atoms with Crippen molar-refractivity contribution >= 4 is 38.7 Å². The number of carbonyl (C=O) groups is 1. The van der Waals surface area contributed by atoms with Gasteiger partial charge in [0.25, 0.3) is 0 Å². The number of fused-ring (bicyclic) bond motifs is 1. The lowest BCUT2D eigenvalue weighted by Gasteiger charge is -1.99. The predicted molar refractivity (Wildman–Crippen MR) is 90.8 cm³/mol. The van der Waals surface area contributed by atoms with Gasteiger partial charge >= 0.3 is 5.97 Å². The van der Waals surface area contributed by atoms with E-state index >= 15 is 0 Å². The molecule has 0 fully saturated rings. The molecular weight excluding hydrogens is 330 g/mol. The van der Waals surface area contributed by atoms with Gasteiger partial charge in [-0.05, 0) is 29.0 Å². The van der Waals surface area contributed by atoms with Gasteiger partial charge < -0.3 is 9.15 Å². The average Bonchev–Trinajstić information content (AvgIpc) is 3.31. The van der Waals surface area contributed by atoms with E-state index < -0.39 is 0 Å². The van der Waals surface area contributed by atoms with Crippen molar-refractivity contribution < 1.29 is 13.9 Å². The highest BCUT2D eigenvalue weighted by Crippen LogP contribution is 2.26. The first-order valence-electron chi connectivity index (χ1n) is 6.93. The normalized spacial score (nSPS) is 11.0. The number of aromatic nitrogens is 1. The highest BCUT2D eigenvalue weighted by Gasteiger charge is 2.13.